The number of aromatic hydroxyl groups is 1. The van der Waals surface area contributed by atoms with Crippen LogP contribution in [0.4, 0.5) is 0 Å². The second-order valence-electron chi connectivity index (χ2n) is 3.75. The summed E-state index contributed by atoms with van der Waals surface area (Å²) >= 11 is 0. The number of halogens is 1. The molecule has 3 N–H and O–H groups in total. The van der Waals surface area contributed by atoms with E-state index in [4.69, 9.17) is 10.8 Å². The Morgan fingerprint density at radius 3 is 2.38 bits per heavy atom. The fourth-order valence-electron chi connectivity index (χ4n) is 1.34. The zero-order valence-electron chi connectivity index (χ0n) is 9.27. The van der Waals surface area contributed by atoms with Gasteiger partial charge in [-0.1, -0.05) is 12.1 Å². The van der Waals surface area contributed by atoms with Crippen LogP contribution >= 0.6 is 12.4 Å². The summed E-state index contributed by atoms with van der Waals surface area (Å²) in [5.74, 6) is -0.258. The summed E-state index contributed by atoms with van der Waals surface area (Å²) in [6, 6.07) is 6.57. The molecule has 0 spiro atoms. The van der Waals surface area contributed by atoms with Crippen LogP contribution in [0.5, 0.6) is 5.75 Å². The second kappa shape index (κ2) is 5.72. The van der Waals surface area contributed by atoms with Gasteiger partial charge < -0.3 is 15.6 Å². The molecule has 0 saturated heterocycles. The van der Waals surface area contributed by atoms with E-state index in [0.29, 0.717) is 6.42 Å². The number of hydrogen-bond donors (Lipinski definition) is 2. The van der Waals surface area contributed by atoms with Gasteiger partial charge in [0.1, 0.15) is 11.3 Å². The number of carbonyl (C=O) groups is 1. The Hall–Kier alpha value is -1.26. The van der Waals surface area contributed by atoms with E-state index in [1.807, 2.05) is 0 Å². The molecule has 0 heterocycles. The highest BCUT2D eigenvalue weighted by Crippen LogP contribution is 2.15. The molecule has 1 aromatic carbocycles. The van der Waals surface area contributed by atoms with E-state index < -0.39 is 11.5 Å². The highest BCUT2D eigenvalue weighted by molar-refractivity contribution is 5.85. The zero-order chi connectivity index (χ0) is 11.5. The molecule has 0 radical (unpaired) electrons. The minimum Gasteiger partial charge on any atom is -0.508 e. The van der Waals surface area contributed by atoms with Gasteiger partial charge in [-0.15, -0.1) is 12.4 Å². The van der Waals surface area contributed by atoms with Crippen molar-refractivity contribution in [1.82, 2.24) is 0 Å². The minimum atomic E-state index is -1.04. The van der Waals surface area contributed by atoms with Crippen LogP contribution in [-0.2, 0) is 16.0 Å². The van der Waals surface area contributed by atoms with E-state index >= 15 is 0 Å². The van der Waals surface area contributed by atoms with E-state index in [1.54, 1.807) is 31.2 Å². The number of carbonyl (C=O) groups excluding carboxylic acids is 1. The smallest absolute Gasteiger partial charge is 0.325 e. The lowest BCUT2D eigenvalue weighted by molar-refractivity contribution is -0.146. The Bertz CT molecular complexity index is 349. The quantitative estimate of drug-likeness (QED) is 0.786. The van der Waals surface area contributed by atoms with Crippen LogP contribution in [0.15, 0.2) is 24.3 Å². The van der Waals surface area contributed by atoms with Crippen molar-refractivity contribution in [3.05, 3.63) is 29.8 Å². The first-order chi connectivity index (χ1) is 6.95. The van der Waals surface area contributed by atoms with E-state index in [9.17, 15) is 4.79 Å². The van der Waals surface area contributed by atoms with Gasteiger partial charge in [-0.3, -0.25) is 4.79 Å². The summed E-state index contributed by atoms with van der Waals surface area (Å²) in [6.07, 6.45) is 0.375. The Balaban J connectivity index is 0.00000225. The second-order valence-corrected chi connectivity index (χ2v) is 3.75. The van der Waals surface area contributed by atoms with Crippen LogP contribution in [-0.4, -0.2) is 23.7 Å². The first-order valence-electron chi connectivity index (χ1n) is 4.61. The van der Waals surface area contributed by atoms with Crippen LogP contribution in [0.1, 0.15) is 12.5 Å². The minimum absolute atomic E-state index is 0. The highest BCUT2D eigenvalue weighted by atomic mass is 35.5. The summed E-state index contributed by atoms with van der Waals surface area (Å²) in [5, 5.41) is 9.09. The third-order valence-corrected chi connectivity index (χ3v) is 2.16. The van der Waals surface area contributed by atoms with E-state index in [2.05, 4.69) is 4.74 Å². The lowest BCUT2D eigenvalue weighted by Crippen LogP contribution is -2.47. The van der Waals surface area contributed by atoms with Crippen molar-refractivity contribution >= 4 is 18.4 Å². The largest absolute Gasteiger partial charge is 0.508 e. The van der Waals surface area contributed by atoms with Gasteiger partial charge in [-0.05, 0) is 24.6 Å². The van der Waals surface area contributed by atoms with Crippen molar-refractivity contribution in [2.45, 2.75) is 18.9 Å². The molecule has 0 fully saturated rings. The fraction of sp³-hybridized carbons (Fsp3) is 0.364. The summed E-state index contributed by atoms with van der Waals surface area (Å²) in [6.45, 7) is 1.62. The molecule has 90 valence electrons. The Kier molecular flexibility index (Phi) is 5.27. The van der Waals surface area contributed by atoms with Crippen molar-refractivity contribution in [3.8, 4) is 5.75 Å². The number of benzene rings is 1. The number of phenols is 1. The third-order valence-electron chi connectivity index (χ3n) is 2.16. The van der Waals surface area contributed by atoms with Crippen molar-refractivity contribution in [3.63, 3.8) is 0 Å². The fourth-order valence-corrected chi connectivity index (χ4v) is 1.34. The third kappa shape index (κ3) is 3.72. The van der Waals surface area contributed by atoms with Gasteiger partial charge >= 0.3 is 5.97 Å². The molecule has 0 aliphatic heterocycles. The number of ether oxygens (including phenoxy) is 1. The van der Waals surface area contributed by atoms with Crippen molar-refractivity contribution in [2.75, 3.05) is 7.11 Å². The highest BCUT2D eigenvalue weighted by Gasteiger charge is 2.29. The maximum absolute atomic E-state index is 11.3. The molecule has 4 nitrogen and oxygen atoms in total. The molecular weight excluding hydrogens is 230 g/mol. The maximum Gasteiger partial charge on any atom is 0.325 e. The van der Waals surface area contributed by atoms with E-state index in [-0.39, 0.29) is 18.2 Å². The van der Waals surface area contributed by atoms with Gasteiger partial charge in [0, 0.05) is 6.42 Å². The van der Waals surface area contributed by atoms with Crippen molar-refractivity contribution < 1.29 is 14.6 Å². The maximum atomic E-state index is 11.3. The molecule has 0 aromatic heterocycles. The van der Waals surface area contributed by atoms with Crippen LogP contribution in [0.3, 0.4) is 0 Å². The summed E-state index contributed by atoms with van der Waals surface area (Å²) in [7, 11) is 1.31. The molecule has 1 rings (SSSR count). The topological polar surface area (TPSA) is 72.5 Å². The number of phenolic OH excluding ortho intramolecular Hbond substituents is 1. The standard InChI is InChI=1S/C11H15NO3.ClH/c1-11(12,10(14)15-2)7-8-3-5-9(13)6-4-8;/h3-6,13H,7,12H2,1-2H3;1H. The van der Waals surface area contributed by atoms with Crippen LogP contribution < -0.4 is 5.73 Å². The van der Waals surface area contributed by atoms with Crippen LogP contribution in [0, 0.1) is 0 Å². The summed E-state index contributed by atoms with van der Waals surface area (Å²) in [5.41, 5.74) is 5.65. The SMILES string of the molecule is COC(=O)C(C)(N)Cc1ccc(O)cc1.Cl. The van der Waals surface area contributed by atoms with Crippen molar-refractivity contribution in [2.24, 2.45) is 5.73 Å². The Morgan fingerprint density at radius 2 is 1.94 bits per heavy atom. The van der Waals surface area contributed by atoms with Gasteiger partial charge in [0.05, 0.1) is 7.11 Å². The Labute approximate surface area is 101 Å². The average molecular weight is 246 g/mol. The number of methoxy groups -OCH3 is 1. The number of rotatable bonds is 3. The molecule has 0 aliphatic carbocycles. The molecule has 16 heavy (non-hydrogen) atoms. The predicted molar refractivity (Wildman–Crippen MR) is 63.7 cm³/mol. The van der Waals surface area contributed by atoms with Gasteiger partial charge in [-0.25, -0.2) is 0 Å². The van der Waals surface area contributed by atoms with E-state index in [0.717, 1.165) is 5.56 Å². The van der Waals surface area contributed by atoms with E-state index in [1.165, 1.54) is 7.11 Å². The Morgan fingerprint density at radius 1 is 1.44 bits per heavy atom. The molecule has 5 heteroatoms. The molecule has 1 aromatic rings. The van der Waals surface area contributed by atoms with Crippen LogP contribution in [0.25, 0.3) is 0 Å². The van der Waals surface area contributed by atoms with Gasteiger partial charge in [0.25, 0.3) is 0 Å². The first kappa shape index (κ1) is 14.7. The molecule has 1 unspecified atom stereocenters. The molecular formula is C11H16ClNO3. The summed E-state index contributed by atoms with van der Waals surface area (Å²) in [4.78, 5) is 11.3. The lowest BCUT2D eigenvalue weighted by atomic mass is 9.94. The summed E-state index contributed by atoms with van der Waals surface area (Å²) < 4.78 is 4.60. The van der Waals surface area contributed by atoms with Gasteiger partial charge in [-0.2, -0.15) is 0 Å². The number of nitrogens with two attached hydrogens (primary N) is 1. The molecule has 0 bridgehead atoms. The molecule has 1 atom stereocenters. The molecule has 0 saturated carbocycles. The zero-order valence-corrected chi connectivity index (χ0v) is 10.1. The van der Waals surface area contributed by atoms with Gasteiger partial charge in [0.2, 0.25) is 0 Å². The normalized spacial score (nSPS) is 13.4. The monoisotopic (exact) mass is 245 g/mol. The van der Waals surface area contributed by atoms with Crippen LogP contribution in [0.2, 0.25) is 0 Å². The lowest BCUT2D eigenvalue weighted by Gasteiger charge is -2.21. The number of esters is 1. The predicted octanol–water partition coefficient (Wildman–Crippen LogP) is 1.25. The average Bonchev–Trinajstić information content (AvgIpc) is 2.20. The number of hydrogen-bond acceptors (Lipinski definition) is 4. The molecule has 0 amide bonds. The molecule has 0 aliphatic rings. The van der Waals surface area contributed by atoms with Crippen molar-refractivity contribution in [1.29, 1.82) is 0 Å². The van der Waals surface area contributed by atoms with Gasteiger partial charge in [0.15, 0.2) is 0 Å². The first-order valence-corrected chi connectivity index (χ1v) is 4.61.